The minimum atomic E-state index is -0.556. The smallest absolute Gasteiger partial charge is 0.191 e. The molecule has 0 aromatic heterocycles. The number of carbonyl (C=O) groups excluding carboxylic acids is 1. The van der Waals surface area contributed by atoms with Crippen molar-refractivity contribution in [2.45, 2.75) is 38.7 Å². The van der Waals surface area contributed by atoms with Crippen LogP contribution < -0.4 is 0 Å². The molecule has 1 aromatic carbocycles. The zero-order valence-corrected chi connectivity index (χ0v) is 10.6. The highest BCUT2D eigenvalue weighted by atomic mass is 16.3. The third-order valence-corrected chi connectivity index (χ3v) is 4.37. The molecular formula is C16H18O2. The van der Waals surface area contributed by atoms with Gasteiger partial charge >= 0.3 is 0 Å². The van der Waals surface area contributed by atoms with Crippen LogP contribution in [-0.4, -0.2) is 17.0 Å². The molecule has 1 N–H and O–H groups in total. The molecule has 0 saturated carbocycles. The number of aliphatic hydroxyl groups is 1. The third-order valence-electron chi connectivity index (χ3n) is 4.37. The summed E-state index contributed by atoms with van der Waals surface area (Å²) >= 11 is 0. The van der Waals surface area contributed by atoms with Gasteiger partial charge in [0.15, 0.2) is 5.78 Å². The fourth-order valence-electron chi connectivity index (χ4n) is 3.27. The maximum Gasteiger partial charge on any atom is 0.191 e. The number of fused-ring (bicyclic) bond motifs is 1. The SMILES string of the molecule is CCC1CCC2=C(C(=O)c3ccccc3C2)C1O. The second-order valence-corrected chi connectivity index (χ2v) is 5.33. The van der Waals surface area contributed by atoms with E-state index < -0.39 is 6.10 Å². The van der Waals surface area contributed by atoms with E-state index in [4.69, 9.17) is 0 Å². The van der Waals surface area contributed by atoms with E-state index in [1.165, 1.54) is 0 Å². The van der Waals surface area contributed by atoms with Crippen molar-refractivity contribution in [2.24, 2.45) is 5.92 Å². The van der Waals surface area contributed by atoms with Gasteiger partial charge in [-0.15, -0.1) is 0 Å². The van der Waals surface area contributed by atoms with E-state index in [2.05, 4.69) is 6.92 Å². The summed E-state index contributed by atoms with van der Waals surface area (Å²) in [7, 11) is 0. The number of hydrogen-bond donors (Lipinski definition) is 1. The predicted octanol–water partition coefficient (Wildman–Crippen LogP) is 2.90. The first-order valence-corrected chi connectivity index (χ1v) is 6.75. The third kappa shape index (κ3) is 1.64. The molecule has 2 aliphatic carbocycles. The Morgan fingerprint density at radius 3 is 2.89 bits per heavy atom. The normalized spacial score (nSPS) is 26.9. The van der Waals surface area contributed by atoms with Crippen LogP contribution in [0.4, 0.5) is 0 Å². The van der Waals surface area contributed by atoms with Crippen molar-refractivity contribution >= 4 is 5.78 Å². The summed E-state index contributed by atoms with van der Waals surface area (Å²) in [5.41, 5.74) is 3.76. The second kappa shape index (κ2) is 4.36. The molecule has 2 aliphatic rings. The lowest BCUT2D eigenvalue weighted by Crippen LogP contribution is -2.34. The summed E-state index contributed by atoms with van der Waals surface area (Å²) in [6, 6.07) is 7.78. The van der Waals surface area contributed by atoms with Gasteiger partial charge in [0.1, 0.15) is 0 Å². The number of Topliss-reactive ketones (excluding diaryl/α,β-unsaturated/α-hetero) is 1. The molecule has 2 nitrogen and oxygen atoms in total. The summed E-state index contributed by atoms with van der Waals surface area (Å²) in [6.45, 7) is 2.08. The topological polar surface area (TPSA) is 37.3 Å². The van der Waals surface area contributed by atoms with E-state index in [-0.39, 0.29) is 11.7 Å². The van der Waals surface area contributed by atoms with Crippen LogP contribution in [0.1, 0.15) is 42.1 Å². The molecule has 0 amide bonds. The van der Waals surface area contributed by atoms with E-state index in [1.807, 2.05) is 24.3 Å². The monoisotopic (exact) mass is 242 g/mol. The van der Waals surface area contributed by atoms with Gasteiger partial charge in [-0.1, -0.05) is 43.2 Å². The molecule has 18 heavy (non-hydrogen) atoms. The first-order valence-electron chi connectivity index (χ1n) is 6.75. The predicted molar refractivity (Wildman–Crippen MR) is 70.5 cm³/mol. The largest absolute Gasteiger partial charge is 0.388 e. The average molecular weight is 242 g/mol. The van der Waals surface area contributed by atoms with Gasteiger partial charge in [0, 0.05) is 11.1 Å². The van der Waals surface area contributed by atoms with E-state index >= 15 is 0 Å². The second-order valence-electron chi connectivity index (χ2n) is 5.33. The van der Waals surface area contributed by atoms with Gasteiger partial charge in [0.25, 0.3) is 0 Å². The lowest BCUT2D eigenvalue weighted by atomic mass is 9.72. The fourth-order valence-corrected chi connectivity index (χ4v) is 3.27. The standard InChI is InChI=1S/C16H18O2/c1-2-10-7-8-12-9-11-5-3-4-6-13(11)16(18)14(12)15(10)17/h3-6,10,15,17H,2,7-9H2,1H3. The van der Waals surface area contributed by atoms with Crippen LogP contribution in [0.3, 0.4) is 0 Å². The Hall–Kier alpha value is -1.41. The fraction of sp³-hybridized carbons (Fsp3) is 0.438. The molecule has 2 heteroatoms. The molecule has 0 fully saturated rings. The van der Waals surface area contributed by atoms with Gasteiger partial charge < -0.3 is 5.11 Å². The molecule has 2 atom stereocenters. The van der Waals surface area contributed by atoms with Crippen molar-refractivity contribution in [1.82, 2.24) is 0 Å². The Labute approximate surface area is 107 Å². The van der Waals surface area contributed by atoms with Crippen molar-refractivity contribution in [3.05, 3.63) is 46.5 Å². The summed E-state index contributed by atoms with van der Waals surface area (Å²) in [4.78, 5) is 12.5. The molecule has 0 bridgehead atoms. The maximum atomic E-state index is 12.5. The van der Waals surface area contributed by atoms with Crippen LogP contribution in [0.5, 0.6) is 0 Å². The Kier molecular flexibility index (Phi) is 2.83. The molecule has 0 heterocycles. The molecule has 0 radical (unpaired) electrons. The maximum absolute atomic E-state index is 12.5. The van der Waals surface area contributed by atoms with Gasteiger partial charge in [0.2, 0.25) is 0 Å². The van der Waals surface area contributed by atoms with E-state index in [9.17, 15) is 9.90 Å². The van der Waals surface area contributed by atoms with E-state index in [0.29, 0.717) is 5.57 Å². The number of aliphatic hydroxyl groups excluding tert-OH is 1. The zero-order chi connectivity index (χ0) is 12.7. The quantitative estimate of drug-likeness (QED) is 0.822. The minimum absolute atomic E-state index is 0.0532. The van der Waals surface area contributed by atoms with E-state index in [0.717, 1.165) is 42.4 Å². The molecule has 2 unspecified atom stereocenters. The van der Waals surface area contributed by atoms with E-state index in [1.54, 1.807) is 0 Å². The highest BCUT2D eigenvalue weighted by molar-refractivity contribution is 6.12. The van der Waals surface area contributed by atoms with Crippen molar-refractivity contribution < 1.29 is 9.90 Å². The molecule has 94 valence electrons. The van der Waals surface area contributed by atoms with Crippen LogP contribution in [-0.2, 0) is 6.42 Å². The zero-order valence-electron chi connectivity index (χ0n) is 10.6. The van der Waals surface area contributed by atoms with Crippen molar-refractivity contribution in [3.8, 4) is 0 Å². The lowest BCUT2D eigenvalue weighted by Gasteiger charge is -2.34. The van der Waals surface area contributed by atoms with Gasteiger partial charge in [-0.05, 0) is 30.7 Å². The lowest BCUT2D eigenvalue weighted by molar-refractivity contribution is 0.0874. The highest BCUT2D eigenvalue weighted by Gasteiger charge is 2.36. The Balaban J connectivity index is 2.05. The average Bonchev–Trinajstić information content (AvgIpc) is 2.39. The van der Waals surface area contributed by atoms with Crippen molar-refractivity contribution in [1.29, 1.82) is 0 Å². The first kappa shape index (κ1) is 11.7. The van der Waals surface area contributed by atoms with Gasteiger partial charge in [0.05, 0.1) is 6.10 Å². The molecular weight excluding hydrogens is 224 g/mol. The Morgan fingerprint density at radius 2 is 2.11 bits per heavy atom. The number of benzene rings is 1. The summed E-state index contributed by atoms with van der Waals surface area (Å²) in [6.07, 6.45) is 3.19. The molecule has 1 aromatic rings. The molecule has 0 saturated heterocycles. The number of carbonyl (C=O) groups is 1. The Morgan fingerprint density at radius 1 is 1.33 bits per heavy atom. The number of rotatable bonds is 1. The van der Waals surface area contributed by atoms with Crippen LogP contribution >= 0.6 is 0 Å². The molecule has 0 aliphatic heterocycles. The summed E-state index contributed by atoms with van der Waals surface area (Å²) < 4.78 is 0. The van der Waals surface area contributed by atoms with Crippen LogP contribution in [0.25, 0.3) is 0 Å². The number of ketones is 1. The van der Waals surface area contributed by atoms with Gasteiger partial charge in [-0.25, -0.2) is 0 Å². The number of allylic oxidation sites excluding steroid dienone is 1. The summed E-state index contributed by atoms with van der Waals surface area (Å²) in [5, 5.41) is 10.4. The van der Waals surface area contributed by atoms with Gasteiger partial charge in [-0.3, -0.25) is 4.79 Å². The summed E-state index contributed by atoms with van der Waals surface area (Å²) in [5.74, 6) is 0.301. The first-order chi connectivity index (χ1) is 8.72. The number of hydrogen-bond acceptors (Lipinski definition) is 2. The minimum Gasteiger partial charge on any atom is -0.388 e. The Bertz CT molecular complexity index is 528. The van der Waals surface area contributed by atoms with Crippen LogP contribution in [0.2, 0.25) is 0 Å². The van der Waals surface area contributed by atoms with Crippen molar-refractivity contribution in [2.75, 3.05) is 0 Å². The highest BCUT2D eigenvalue weighted by Crippen LogP contribution is 2.38. The van der Waals surface area contributed by atoms with Gasteiger partial charge in [-0.2, -0.15) is 0 Å². The molecule has 3 rings (SSSR count). The van der Waals surface area contributed by atoms with Crippen LogP contribution in [0, 0.1) is 5.92 Å². The molecule has 0 spiro atoms. The van der Waals surface area contributed by atoms with Crippen molar-refractivity contribution in [3.63, 3.8) is 0 Å². The van der Waals surface area contributed by atoms with Crippen LogP contribution in [0.15, 0.2) is 35.4 Å².